The smallest absolute Gasteiger partial charge is 0.252 e. The van der Waals surface area contributed by atoms with Crippen LogP contribution in [-0.2, 0) is 33.3 Å². The van der Waals surface area contributed by atoms with Crippen molar-refractivity contribution in [2.75, 3.05) is 19.0 Å². The van der Waals surface area contributed by atoms with Crippen LogP contribution in [0.4, 0.5) is 5.69 Å². The highest BCUT2D eigenvalue weighted by atomic mass is 16.9. The van der Waals surface area contributed by atoms with E-state index in [0.29, 0.717) is 11.4 Å². The Morgan fingerprint density at radius 1 is 0.968 bits per heavy atom. The van der Waals surface area contributed by atoms with Gasteiger partial charge in [0.25, 0.3) is 5.91 Å². The van der Waals surface area contributed by atoms with E-state index in [4.69, 9.17) is 28.4 Å². The molecule has 1 aromatic rings. The minimum Gasteiger partial charge on any atom is -0.495 e. The number of carbonyl (C=O) groups excluding carboxylic acids is 2. The number of hydrogen-bond donors (Lipinski definition) is 2. The van der Waals surface area contributed by atoms with Gasteiger partial charge in [-0.05, 0) is 39.8 Å². The first kappa shape index (κ1) is 22.0. The number of carbonyl (C=O) groups is 2. The van der Waals surface area contributed by atoms with E-state index in [9.17, 15) is 9.59 Å². The van der Waals surface area contributed by atoms with Crippen molar-refractivity contribution in [2.24, 2.45) is 0 Å². The molecule has 0 bridgehead atoms. The van der Waals surface area contributed by atoms with Crippen molar-refractivity contribution in [2.45, 2.75) is 70.0 Å². The zero-order valence-electron chi connectivity index (χ0n) is 18.2. The number of amides is 2. The molecular weight excluding hydrogens is 408 g/mol. The molecule has 0 spiro atoms. The average molecular weight is 436 g/mol. The molecule has 0 radical (unpaired) electrons. The number of para-hydroxylation sites is 2. The molecule has 3 heterocycles. The predicted molar refractivity (Wildman–Crippen MR) is 107 cm³/mol. The van der Waals surface area contributed by atoms with Gasteiger partial charge in [-0.25, -0.2) is 0 Å². The number of ether oxygens (including phenoxy) is 6. The number of rotatable bonds is 5. The van der Waals surface area contributed by atoms with Crippen molar-refractivity contribution in [3.8, 4) is 5.75 Å². The summed E-state index contributed by atoms with van der Waals surface area (Å²) in [7, 11) is 1.51. The fourth-order valence-electron chi connectivity index (χ4n) is 4.03. The van der Waals surface area contributed by atoms with Gasteiger partial charge < -0.3 is 39.1 Å². The van der Waals surface area contributed by atoms with Crippen molar-refractivity contribution in [1.29, 1.82) is 0 Å². The summed E-state index contributed by atoms with van der Waals surface area (Å²) in [5.74, 6) is -2.18. The summed E-state index contributed by atoms with van der Waals surface area (Å²) < 4.78 is 34.7. The Labute approximate surface area is 180 Å². The van der Waals surface area contributed by atoms with E-state index in [2.05, 4.69) is 10.6 Å². The predicted octanol–water partition coefficient (Wildman–Crippen LogP) is 1.15. The van der Waals surface area contributed by atoms with Gasteiger partial charge in [0.2, 0.25) is 5.91 Å². The van der Waals surface area contributed by atoms with Crippen LogP contribution >= 0.6 is 0 Å². The lowest BCUT2D eigenvalue weighted by Crippen LogP contribution is -2.59. The standard InChI is InChI=1S/C21H28N2O8/c1-20(2)28-14-15(29-20)17-19(31-21(3,4)30-17)27-16(14)18(25)22-10-13(24)23-11-8-6-7-9-12(11)26-5/h6-9,14-17,19H,10H2,1-5H3,(H,22,25)(H,23,24)/t14-,15+,16?,17-,19-/m1/s1. The van der Waals surface area contributed by atoms with Gasteiger partial charge in [-0.15, -0.1) is 0 Å². The van der Waals surface area contributed by atoms with E-state index in [1.807, 2.05) is 0 Å². The molecule has 3 aliphatic heterocycles. The van der Waals surface area contributed by atoms with E-state index in [0.717, 1.165) is 0 Å². The lowest BCUT2D eigenvalue weighted by molar-refractivity contribution is -0.231. The highest BCUT2D eigenvalue weighted by Crippen LogP contribution is 2.44. The Morgan fingerprint density at radius 2 is 1.61 bits per heavy atom. The Balaban J connectivity index is 1.41. The molecule has 10 nitrogen and oxygen atoms in total. The minimum absolute atomic E-state index is 0.255. The van der Waals surface area contributed by atoms with Crippen molar-refractivity contribution in [3.63, 3.8) is 0 Å². The molecule has 31 heavy (non-hydrogen) atoms. The quantitative estimate of drug-likeness (QED) is 0.707. The summed E-state index contributed by atoms with van der Waals surface area (Å²) >= 11 is 0. The third-order valence-corrected chi connectivity index (χ3v) is 5.22. The zero-order valence-corrected chi connectivity index (χ0v) is 18.2. The van der Waals surface area contributed by atoms with Crippen molar-refractivity contribution < 1.29 is 38.0 Å². The van der Waals surface area contributed by atoms with Gasteiger partial charge in [0, 0.05) is 0 Å². The van der Waals surface area contributed by atoms with Crippen molar-refractivity contribution >= 4 is 17.5 Å². The number of methoxy groups -OCH3 is 1. The van der Waals surface area contributed by atoms with Gasteiger partial charge in [0.1, 0.15) is 24.1 Å². The van der Waals surface area contributed by atoms with Crippen molar-refractivity contribution in [1.82, 2.24) is 5.32 Å². The molecule has 2 amide bonds. The van der Waals surface area contributed by atoms with Gasteiger partial charge in [-0.1, -0.05) is 12.1 Å². The van der Waals surface area contributed by atoms with E-state index in [1.165, 1.54) is 7.11 Å². The van der Waals surface area contributed by atoms with E-state index in [1.54, 1.807) is 52.0 Å². The maximum atomic E-state index is 12.9. The summed E-state index contributed by atoms with van der Waals surface area (Å²) in [6.07, 6.45) is -3.59. The lowest BCUT2D eigenvalue weighted by atomic mass is 9.98. The van der Waals surface area contributed by atoms with Gasteiger partial charge in [-0.3, -0.25) is 9.59 Å². The molecule has 10 heteroatoms. The Morgan fingerprint density at radius 3 is 2.35 bits per heavy atom. The van der Waals surface area contributed by atoms with Gasteiger partial charge in [-0.2, -0.15) is 0 Å². The highest BCUT2D eigenvalue weighted by Gasteiger charge is 2.62. The summed E-state index contributed by atoms with van der Waals surface area (Å²) in [5, 5.41) is 5.31. The zero-order chi connectivity index (χ0) is 22.4. The molecule has 170 valence electrons. The van der Waals surface area contributed by atoms with Crippen LogP contribution in [-0.4, -0.2) is 67.7 Å². The van der Waals surface area contributed by atoms with Crippen LogP contribution in [0.15, 0.2) is 24.3 Å². The Kier molecular flexibility index (Phi) is 5.69. The molecule has 2 N–H and O–H groups in total. The number of nitrogens with one attached hydrogen (secondary N) is 2. The molecule has 1 aromatic carbocycles. The summed E-state index contributed by atoms with van der Waals surface area (Å²) in [6.45, 7) is 6.80. The molecule has 0 aliphatic carbocycles. The fourth-order valence-corrected chi connectivity index (χ4v) is 4.03. The first-order valence-corrected chi connectivity index (χ1v) is 10.2. The fraction of sp³-hybridized carbons (Fsp3) is 0.619. The number of hydrogen-bond acceptors (Lipinski definition) is 8. The van der Waals surface area contributed by atoms with E-state index in [-0.39, 0.29) is 6.54 Å². The van der Waals surface area contributed by atoms with Crippen LogP contribution in [0.3, 0.4) is 0 Å². The first-order chi connectivity index (χ1) is 14.6. The largest absolute Gasteiger partial charge is 0.495 e. The maximum absolute atomic E-state index is 12.9. The van der Waals surface area contributed by atoms with E-state index < -0.39 is 54.1 Å². The maximum Gasteiger partial charge on any atom is 0.252 e. The van der Waals surface area contributed by atoms with Gasteiger partial charge in [0.05, 0.1) is 19.3 Å². The average Bonchev–Trinajstić information content (AvgIpc) is 3.19. The van der Waals surface area contributed by atoms with Crippen LogP contribution in [0, 0.1) is 0 Å². The van der Waals surface area contributed by atoms with Crippen LogP contribution in [0.25, 0.3) is 0 Å². The number of fused-ring (bicyclic) bond motifs is 3. The first-order valence-electron chi connectivity index (χ1n) is 10.2. The lowest BCUT2D eigenvalue weighted by Gasteiger charge is -2.36. The third-order valence-electron chi connectivity index (χ3n) is 5.22. The second kappa shape index (κ2) is 8.03. The van der Waals surface area contributed by atoms with E-state index >= 15 is 0 Å². The minimum atomic E-state index is -1.02. The van der Waals surface area contributed by atoms with Gasteiger partial charge in [0.15, 0.2) is 24.0 Å². The molecular formula is C21H28N2O8. The van der Waals surface area contributed by atoms with Crippen LogP contribution in [0.1, 0.15) is 27.7 Å². The Bertz CT molecular complexity index is 858. The SMILES string of the molecule is COc1ccccc1NC(=O)CNC(=O)C1O[C@@H]2OC(C)(C)O[C@@H]2[C@H]2OC(C)(C)O[C@@H]12. The third kappa shape index (κ3) is 4.53. The molecule has 0 aromatic heterocycles. The summed E-state index contributed by atoms with van der Waals surface area (Å²) in [4.78, 5) is 25.3. The van der Waals surface area contributed by atoms with Crippen LogP contribution in [0.5, 0.6) is 5.75 Å². The number of anilines is 1. The molecule has 4 rings (SSSR count). The monoisotopic (exact) mass is 436 g/mol. The van der Waals surface area contributed by atoms with Gasteiger partial charge >= 0.3 is 0 Å². The van der Waals surface area contributed by atoms with Crippen molar-refractivity contribution in [3.05, 3.63) is 24.3 Å². The Hall–Kier alpha value is -2.24. The second-order valence-electron chi connectivity index (χ2n) is 8.56. The molecule has 5 atom stereocenters. The summed E-state index contributed by atoms with van der Waals surface area (Å²) in [6, 6.07) is 7.00. The molecule has 3 fully saturated rings. The molecule has 3 aliphatic rings. The highest BCUT2D eigenvalue weighted by molar-refractivity contribution is 5.96. The van der Waals surface area contributed by atoms with Crippen LogP contribution in [0.2, 0.25) is 0 Å². The summed E-state index contributed by atoms with van der Waals surface area (Å²) in [5.41, 5.74) is 0.508. The molecule has 1 unspecified atom stereocenters. The molecule has 0 saturated carbocycles. The number of benzene rings is 1. The topological polar surface area (TPSA) is 114 Å². The van der Waals surface area contributed by atoms with Crippen LogP contribution < -0.4 is 15.4 Å². The molecule has 3 saturated heterocycles. The normalized spacial score (nSPS) is 32.6. The second-order valence-corrected chi connectivity index (χ2v) is 8.56.